The summed E-state index contributed by atoms with van der Waals surface area (Å²) in [6.45, 7) is 9.99. The molecule has 0 radical (unpaired) electrons. The first-order chi connectivity index (χ1) is 17.0. The number of likely N-dealkylation sites (tertiary alicyclic amines) is 1. The molecular formula is C27H32ClN5O2. The zero-order valence-electron chi connectivity index (χ0n) is 20.4. The van der Waals surface area contributed by atoms with E-state index < -0.39 is 0 Å². The molecule has 0 saturated carbocycles. The number of hydrogen-bond acceptors (Lipinski definition) is 6. The highest BCUT2D eigenvalue weighted by Gasteiger charge is 2.31. The van der Waals surface area contributed by atoms with Gasteiger partial charge in [-0.05, 0) is 69.1 Å². The number of piperidine rings is 1. The van der Waals surface area contributed by atoms with Crippen LogP contribution in [0, 0.1) is 19.8 Å². The first kappa shape index (κ1) is 23.8. The third kappa shape index (κ3) is 5.21. The molecule has 0 atom stereocenters. The van der Waals surface area contributed by atoms with Crippen molar-refractivity contribution in [3.63, 3.8) is 0 Å². The largest absolute Gasteiger partial charge is 0.368 e. The zero-order chi connectivity index (χ0) is 24.4. The van der Waals surface area contributed by atoms with Gasteiger partial charge in [0.05, 0.1) is 11.6 Å². The minimum atomic E-state index is 0.0971. The van der Waals surface area contributed by atoms with Crippen LogP contribution in [0.25, 0.3) is 11.4 Å². The molecule has 0 bridgehead atoms. The van der Waals surface area contributed by atoms with Gasteiger partial charge in [0.1, 0.15) is 0 Å². The van der Waals surface area contributed by atoms with Crippen LogP contribution in [-0.4, -0.2) is 65.1 Å². The number of benzene rings is 2. The van der Waals surface area contributed by atoms with Crippen LogP contribution in [0.5, 0.6) is 0 Å². The van der Waals surface area contributed by atoms with E-state index in [9.17, 15) is 4.79 Å². The predicted molar refractivity (Wildman–Crippen MR) is 137 cm³/mol. The average molecular weight is 494 g/mol. The van der Waals surface area contributed by atoms with Gasteiger partial charge in [0, 0.05) is 43.3 Å². The van der Waals surface area contributed by atoms with Crippen molar-refractivity contribution in [3.05, 3.63) is 64.5 Å². The van der Waals surface area contributed by atoms with Gasteiger partial charge >= 0.3 is 0 Å². The number of piperazine rings is 1. The summed E-state index contributed by atoms with van der Waals surface area (Å²) in [5, 5.41) is 4.70. The molecule has 35 heavy (non-hydrogen) atoms. The minimum absolute atomic E-state index is 0.0971. The topological polar surface area (TPSA) is 65.7 Å². The van der Waals surface area contributed by atoms with Crippen molar-refractivity contribution in [2.24, 2.45) is 5.92 Å². The predicted octanol–water partition coefficient (Wildman–Crippen LogP) is 4.57. The Hall–Kier alpha value is -2.90. The van der Waals surface area contributed by atoms with Crippen molar-refractivity contribution in [3.8, 4) is 11.4 Å². The molecule has 2 aromatic carbocycles. The van der Waals surface area contributed by atoms with Gasteiger partial charge in [-0.1, -0.05) is 41.0 Å². The van der Waals surface area contributed by atoms with Gasteiger partial charge in [-0.2, -0.15) is 4.98 Å². The highest BCUT2D eigenvalue weighted by atomic mass is 35.5. The summed E-state index contributed by atoms with van der Waals surface area (Å²) in [5.41, 5.74) is 4.71. The van der Waals surface area contributed by atoms with Gasteiger partial charge in [0.15, 0.2) is 0 Å². The van der Waals surface area contributed by atoms with E-state index in [4.69, 9.17) is 16.1 Å². The molecule has 0 N–H and O–H groups in total. The summed E-state index contributed by atoms with van der Waals surface area (Å²) in [5.74, 6) is 1.49. The Labute approximate surface area is 211 Å². The fourth-order valence-electron chi connectivity index (χ4n) is 5.10. The van der Waals surface area contributed by atoms with E-state index in [1.54, 1.807) is 0 Å². The summed E-state index contributed by atoms with van der Waals surface area (Å²) >= 11 is 6.25. The SMILES string of the molecule is Cc1cccc(N2CCN(C(=O)C3CCN(Cc4nc(-c5ccccc5Cl)no4)CC3)CC2)c1C. The maximum Gasteiger partial charge on any atom is 0.241 e. The maximum absolute atomic E-state index is 13.2. The summed E-state index contributed by atoms with van der Waals surface area (Å²) in [6, 6.07) is 14.0. The van der Waals surface area contributed by atoms with Crippen LogP contribution >= 0.6 is 11.6 Å². The number of rotatable bonds is 5. The van der Waals surface area contributed by atoms with Crippen molar-refractivity contribution in [2.45, 2.75) is 33.2 Å². The van der Waals surface area contributed by atoms with E-state index in [0.717, 1.165) is 57.7 Å². The summed E-state index contributed by atoms with van der Waals surface area (Å²) < 4.78 is 5.47. The van der Waals surface area contributed by atoms with Gasteiger partial charge in [-0.15, -0.1) is 0 Å². The Morgan fingerprint density at radius 2 is 1.74 bits per heavy atom. The lowest BCUT2D eigenvalue weighted by Gasteiger charge is -2.39. The van der Waals surface area contributed by atoms with Crippen LogP contribution in [0.4, 0.5) is 5.69 Å². The Morgan fingerprint density at radius 3 is 2.49 bits per heavy atom. The second-order valence-corrected chi connectivity index (χ2v) is 9.98. The van der Waals surface area contributed by atoms with E-state index >= 15 is 0 Å². The molecule has 184 valence electrons. The first-order valence-electron chi connectivity index (χ1n) is 12.4. The smallest absolute Gasteiger partial charge is 0.241 e. The van der Waals surface area contributed by atoms with Crippen molar-refractivity contribution >= 4 is 23.2 Å². The fourth-order valence-corrected chi connectivity index (χ4v) is 5.32. The summed E-state index contributed by atoms with van der Waals surface area (Å²) in [4.78, 5) is 24.5. The molecule has 2 aliphatic rings. The van der Waals surface area contributed by atoms with Crippen molar-refractivity contribution in [1.82, 2.24) is 19.9 Å². The van der Waals surface area contributed by atoms with Crippen LogP contribution < -0.4 is 4.90 Å². The second kappa shape index (κ2) is 10.4. The lowest BCUT2D eigenvalue weighted by Crippen LogP contribution is -2.51. The summed E-state index contributed by atoms with van der Waals surface area (Å²) in [6.07, 6.45) is 1.73. The molecule has 0 aliphatic carbocycles. The molecule has 0 unspecified atom stereocenters. The number of aryl methyl sites for hydroxylation is 1. The van der Waals surface area contributed by atoms with Crippen molar-refractivity contribution in [2.75, 3.05) is 44.2 Å². The molecule has 1 amide bonds. The van der Waals surface area contributed by atoms with Crippen LogP contribution in [-0.2, 0) is 11.3 Å². The van der Waals surface area contributed by atoms with Crippen LogP contribution in [0.2, 0.25) is 5.02 Å². The molecule has 2 aliphatic heterocycles. The number of carbonyl (C=O) groups is 1. The third-order valence-electron chi connectivity index (χ3n) is 7.39. The highest BCUT2D eigenvalue weighted by Crippen LogP contribution is 2.27. The third-order valence-corrected chi connectivity index (χ3v) is 7.72. The van der Waals surface area contributed by atoms with Crippen molar-refractivity contribution in [1.29, 1.82) is 0 Å². The van der Waals surface area contributed by atoms with E-state index in [1.807, 2.05) is 24.3 Å². The first-order valence-corrected chi connectivity index (χ1v) is 12.8. The molecule has 8 heteroatoms. The molecule has 2 fully saturated rings. The lowest BCUT2D eigenvalue weighted by atomic mass is 9.95. The molecule has 3 aromatic rings. The molecule has 7 nitrogen and oxygen atoms in total. The normalized spacial score (nSPS) is 17.7. The monoisotopic (exact) mass is 493 g/mol. The van der Waals surface area contributed by atoms with E-state index in [2.05, 4.69) is 56.9 Å². The van der Waals surface area contributed by atoms with Gasteiger partial charge in [0.2, 0.25) is 17.6 Å². The fraction of sp³-hybridized carbons (Fsp3) is 0.444. The number of anilines is 1. The average Bonchev–Trinajstić information content (AvgIpc) is 3.34. The number of halogens is 1. The number of carbonyl (C=O) groups excluding carboxylic acids is 1. The number of aromatic nitrogens is 2. The molecule has 3 heterocycles. The number of amides is 1. The number of hydrogen-bond donors (Lipinski definition) is 0. The summed E-state index contributed by atoms with van der Waals surface area (Å²) in [7, 11) is 0. The second-order valence-electron chi connectivity index (χ2n) is 9.57. The Bertz CT molecular complexity index is 1180. The van der Waals surface area contributed by atoms with Crippen molar-refractivity contribution < 1.29 is 9.32 Å². The minimum Gasteiger partial charge on any atom is -0.368 e. The van der Waals surface area contributed by atoms with Gasteiger partial charge in [-0.3, -0.25) is 9.69 Å². The lowest BCUT2D eigenvalue weighted by molar-refractivity contribution is -0.137. The van der Waals surface area contributed by atoms with Gasteiger partial charge in [-0.25, -0.2) is 0 Å². The molecule has 0 spiro atoms. The van der Waals surface area contributed by atoms with Crippen LogP contribution in [0.1, 0.15) is 29.9 Å². The van der Waals surface area contributed by atoms with Gasteiger partial charge < -0.3 is 14.3 Å². The molecule has 1 aromatic heterocycles. The maximum atomic E-state index is 13.2. The zero-order valence-corrected chi connectivity index (χ0v) is 21.2. The molecular weight excluding hydrogens is 462 g/mol. The van der Waals surface area contributed by atoms with E-state index in [0.29, 0.717) is 29.2 Å². The molecule has 2 saturated heterocycles. The van der Waals surface area contributed by atoms with E-state index in [1.165, 1.54) is 16.8 Å². The Morgan fingerprint density at radius 1 is 1.00 bits per heavy atom. The van der Waals surface area contributed by atoms with Gasteiger partial charge in [0.25, 0.3) is 0 Å². The number of nitrogens with zero attached hydrogens (tertiary/aromatic N) is 5. The standard InChI is InChI=1S/C27H32ClN5O2/c1-19-6-5-9-24(20(19)2)32-14-16-33(17-15-32)27(34)21-10-12-31(13-11-21)18-25-29-26(30-35-25)22-7-3-4-8-23(22)28/h3-9,21H,10-18H2,1-2H3. The van der Waals surface area contributed by atoms with Crippen LogP contribution in [0.15, 0.2) is 47.0 Å². The van der Waals surface area contributed by atoms with E-state index in [-0.39, 0.29) is 5.92 Å². The Balaban J connectivity index is 1.11. The van der Waals surface area contributed by atoms with Crippen LogP contribution in [0.3, 0.4) is 0 Å². The highest BCUT2D eigenvalue weighted by molar-refractivity contribution is 6.33. The Kier molecular flexibility index (Phi) is 7.07. The molecule has 5 rings (SSSR count). The quantitative estimate of drug-likeness (QED) is 0.519.